The number of esters is 1. The van der Waals surface area contributed by atoms with Crippen LogP contribution in [0, 0.1) is 11.7 Å². The quantitative estimate of drug-likeness (QED) is 0.142. The first kappa shape index (κ1) is 24.7. The third-order valence-electron chi connectivity index (χ3n) is 5.36. The van der Waals surface area contributed by atoms with Gasteiger partial charge < -0.3 is 10.1 Å². The second-order valence-corrected chi connectivity index (χ2v) is 9.45. The van der Waals surface area contributed by atoms with Gasteiger partial charge in [0.15, 0.2) is 5.75 Å². The van der Waals surface area contributed by atoms with Crippen LogP contribution in [0.1, 0.15) is 27.4 Å². The van der Waals surface area contributed by atoms with Gasteiger partial charge in [0.25, 0.3) is 5.91 Å². The predicted molar refractivity (Wildman–Crippen MR) is 135 cm³/mol. The molecule has 0 saturated carbocycles. The number of hydrazone groups is 1. The lowest BCUT2D eigenvalue weighted by Crippen LogP contribution is -2.34. The van der Waals surface area contributed by atoms with E-state index >= 15 is 0 Å². The molecule has 0 spiro atoms. The molecule has 1 heterocycles. The summed E-state index contributed by atoms with van der Waals surface area (Å²) < 4.78 is 20.1. The summed E-state index contributed by atoms with van der Waals surface area (Å²) in [6.45, 7) is 0.351. The van der Waals surface area contributed by atoms with Gasteiger partial charge in [-0.25, -0.2) is 14.6 Å². The second kappa shape index (κ2) is 10.9. The van der Waals surface area contributed by atoms with Crippen molar-refractivity contribution in [3.8, 4) is 5.75 Å². The number of amides is 2. The fraction of sp³-hybridized carbons (Fsp3) is 0.120. The lowest BCUT2D eigenvalue weighted by Gasteiger charge is -2.15. The number of ether oxygens (including phenoxy) is 1. The summed E-state index contributed by atoms with van der Waals surface area (Å²) in [5, 5.41) is 6.71. The van der Waals surface area contributed by atoms with E-state index in [1.165, 1.54) is 24.4 Å². The summed E-state index contributed by atoms with van der Waals surface area (Å²) in [5.74, 6) is -3.39. The maximum absolute atomic E-state index is 13.5. The van der Waals surface area contributed by atoms with Gasteiger partial charge in [-0.1, -0.05) is 52.3 Å². The number of carbonyl (C=O) groups excluding carboxylic acids is 3. The van der Waals surface area contributed by atoms with E-state index in [1.54, 1.807) is 12.1 Å². The third kappa shape index (κ3) is 5.83. The Bertz CT molecular complexity index is 1320. The zero-order valence-electron chi connectivity index (χ0n) is 18.0. The van der Waals surface area contributed by atoms with Crippen LogP contribution in [0.2, 0.25) is 0 Å². The first-order chi connectivity index (χ1) is 16.8. The highest BCUT2D eigenvalue weighted by Crippen LogP contribution is 2.33. The van der Waals surface area contributed by atoms with Crippen LogP contribution in [0.5, 0.6) is 5.75 Å². The maximum atomic E-state index is 13.5. The highest BCUT2D eigenvalue weighted by Gasteiger charge is 2.40. The van der Waals surface area contributed by atoms with Gasteiger partial charge >= 0.3 is 5.97 Å². The van der Waals surface area contributed by atoms with Crippen LogP contribution in [0.15, 0.2) is 80.8 Å². The number of halogens is 3. The molecule has 0 radical (unpaired) electrons. The van der Waals surface area contributed by atoms with Crippen LogP contribution >= 0.6 is 31.9 Å². The number of hydrogen-bond acceptors (Lipinski definition) is 5. The van der Waals surface area contributed by atoms with E-state index in [1.807, 2.05) is 30.3 Å². The van der Waals surface area contributed by atoms with Crippen LogP contribution in [-0.2, 0) is 9.59 Å². The molecule has 1 saturated heterocycles. The van der Waals surface area contributed by atoms with Gasteiger partial charge in [-0.3, -0.25) is 9.59 Å². The van der Waals surface area contributed by atoms with Gasteiger partial charge in [-0.15, -0.1) is 0 Å². The molecule has 2 atom stereocenters. The summed E-state index contributed by atoms with van der Waals surface area (Å²) >= 11 is 6.71. The smallest absolute Gasteiger partial charge is 0.343 e. The van der Waals surface area contributed by atoms with E-state index in [9.17, 15) is 18.8 Å². The number of benzene rings is 3. The van der Waals surface area contributed by atoms with Gasteiger partial charge in [-0.05, 0) is 51.8 Å². The Morgan fingerprint density at radius 3 is 2.60 bits per heavy atom. The van der Waals surface area contributed by atoms with Crippen LogP contribution in [0.4, 0.5) is 4.39 Å². The highest BCUT2D eigenvalue weighted by atomic mass is 79.9. The molecule has 2 amide bonds. The Morgan fingerprint density at radius 2 is 1.86 bits per heavy atom. The van der Waals surface area contributed by atoms with Crippen molar-refractivity contribution < 1.29 is 23.5 Å². The van der Waals surface area contributed by atoms with E-state index in [2.05, 4.69) is 47.7 Å². The van der Waals surface area contributed by atoms with E-state index in [0.717, 1.165) is 11.6 Å². The third-order valence-corrected chi connectivity index (χ3v) is 6.41. The first-order valence-corrected chi connectivity index (χ1v) is 12.0. The van der Waals surface area contributed by atoms with Crippen molar-refractivity contribution >= 4 is 55.9 Å². The number of hydrogen-bond donors (Lipinski definition) is 2. The van der Waals surface area contributed by atoms with Crippen molar-refractivity contribution in [3.05, 3.63) is 98.2 Å². The zero-order valence-corrected chi connectivity index (χ0v) is 21.2. The molecule has 1 fully saturated rings. The molecule has 35 heavy (non-hydrogen) atoms. The fourth-order valence-corrected chi connectivity index (χ4v) is 5.06. The van der Waals surface area contributed by atoms with E-state index in [0.29, 0.717) is 21.1 Å². The summed E-state index contributed by atoms with van der Waals surface area (Å²) in [6, 6.07) is 17.7. The highest BCUT2D eigenvalue weighted by molar-refractivity contribution is 9.11. The van der Waals surface area contributed by atoms with E-state index in [4.69, 9.17) is 4.74 Å². The molecule has 0 aromatic heterocycles. The lowest BCUT2D eigenvalue weighted by molar-refractivity contribution is -0.133. The molecule has 3 aromatic carbocycles. The Kier molecular flexibility index (Phi) is 7.72. The standard InChI is InChI=1S/C25H18Br2FN3O4/c26-17-9-16(22(20(27)11-17)35-25(34)15-7-4-8-18(28)10-15)12-30-31-24(33)21-19(13-29-23(21)32)14-5-2-1-3-6-14/h1-12,19,21H,13H2,(H,29,32)(H,31,33)/b30-12-. The normalized spacial score (nSPS) is 17.3. The predicted octanol–water partition coefficient (Wildman–Crippen LogP) is 4.55. The van der Waals surface area contributed by atoms with Crippen molar-refractivity contribution in [2.45, 2.75) is 5.92 Å². The molecule has 0 aliphatic carbocycles. The molecule has 1 aliphatic heterocycles. The van der Waals surface area contributed by atoms with Gasteiger partial charge in [0.05, 0.1) is 16.3 Å². The number of carbonyl (C=O) groups is 3. The lowest BCUT2D eigenvalue weighted by atomic mass is 9.88. The SMILES string of the molecule is O=C(Oc1c(Br)cc(Br)cc1/C=N\NC(=O)C1C(=O)NCC1c1ccccc1)c1cccc(F)c1. The molecular formula is C25H18Br2FN3O4. The van der Waals surface area contributed by atoms with Crippen molar-refractivity contribution in [3.63, 3.8) is 0 Å². The number of nitrogens with zero attached hydrogens (tertiary/aromatic N) is 1. The fourth-order valence-electron chi connectivity index (χ4n) is 3.72. The average molecular weight is 603 g/mol. The first-order valence-electron chi connectivity index (χ1n) is 10.5. The van der Waals surface area contributed by atoms with Crippen LogP contribution < -0.4 is 15.5 Å². The monoisotopic (exact) mass is 601 g/mol. The minimum Gasteiger partial charge on any atom is -0.421 e. The summed E-state index contributed by atoms with van der Waals surface area (Å²) in [5.41, 5.74) is 3.67. The summed E-state index contributed by atoms with van der Waals surface area (Å²) in [7, 11) is 0. The van der Waals surface area contributed by atoms with Crippen molar-refractivity contribution in [1.29, 1.82) is 0 Å². The summed E-state index contributed by atoms with van der Waals surface area (Å²) in [4.78, 5) is 37.7. The molecular weight excluding hydrogens is 585 g/mol. The molecule has 2 N–H and O–H groups in total. The van der Waals surface area contributed by atoms with Crippen LogP contribution in [0.25, 0.3) is 0 Å². The minimum atomic E-state index is -0.936. The largest absolute Gasteiger partial charge is 0.421 e. The minimum absolute atomic E-state index is 0.0372. The molecule has 1 aliphatic rings. The van der Waals surface area contributed by atoms with Crippen LogP contribution in [-0.4, -0.2) is 30.5 Å². The summed E-state index contributed by atoms with van der Waals surface area (Å²) in [6.07, 6.45) is 1.30. The molecule has 0 bridgehead atoms. The molecule has 2 unspecified atom stereocenters. The molecule has 178 valence electrons. The van der Waals surface area contributed by atoms with Gasteiger partial charge in [0.1, 0.15) is 11.7 Å². The maximum Gasteiger partial charge on any atom is 0.343 e. The zero-order chi connectivity index (χ0) is 24.9. The van der Waals surface area contributed by atoms with Crippen LogP contribution in [0.3, 0.4) is 0 Å². The molecule has 4 rings (SSSR count). The molecule has 3 aromatic rings. The van der Waals surface area contributed by atoms with Gasteiger partial charge in [0.2, 0.25) is 5.91 Å². The number of rotatable bonds is 6. The second-order valence-electron chi connectivity index (χ2n) is 7.68. The Hall–Kier alpha value is -3.37. The molecule has 7 nitrogen and oxygen atoms in total. The van der Waals surface area contributed by atoms with Crippen molar-refractivity contribution in [2.75, 3.05) is 6.54 Å². The van der Waals surface area contributed by atoms with Crippen molar-refractivity contribution in [2.24, 2.45) is 11.0 Å². The average Bonchev–Trinajstić information content (AvgIpc) is 3.23. The van der Waals surface area contributed by atoms with Gasteiger partial charge in [0, 0.05) is 22.5 Å². The topological polar surface area (TPSA) is 96.9 Å². The van der Waals surface area contributed by atoms with E-state index in [-0.39, 0.29) is 23.1 Å². The number of nitrogens with one attached hydrogen (secondary N) is 2. The molecule has 10 heteroatoms. The Balaban J connectivity index is 1.52. The van der Waals surface area contributed by atoms with E-state index < -0.39 is 23.6 Å². The Morgan fingerprint density at radius 1 is 1.09 bits per heavy atom. The van der Waals surface area contributed by atoms with Crippen molar-refractivity contribution in [1.82, 2.24) is 10.7 Å². The van der Waals surface area contributed by atoms with Gasteiger partial charge in [-0.2, -0.15) is 5.10 Å². The Labute approximate surface area is 217 Å².